The van der Waals surface area contributed by atoms with Crippen LogP contribution in [0.2, 0.25) is 0 Å². The summed E-state index contributed by atoms with van der Waals surface area (Å²) in [6.07, 6.45) is 3.26. The third-order valence-corrected chi connectivity index (χ3v) is 5.86. The molecule has 0 bridgehead atoms. The Bertz CT molecular complexity index is 1030. The fourth-order valence-corrected chi connectivity index (χ4v) is 3.94. The maximum absolute atomic E-state index is 13.3. The quantitative estimate of drug-likeness (QED) is 0.412. The van der Waals surface area contributed by atoms with Crippen molar-refractivity contribution in [3.8, 4) is 0 Å². The van der Waals surface area contributed by atoms with Crippen LogP contribution in [0, 0.1) is 5.82 Å². The predicted molar refractivity (Wildman–Crippen MR) is 127 cm³/mol. The minimum atomic E-state index is -0.313. The molecular formula is C26H27FN2O2S. The Labute approximate surface area is 192 Å². The molecule has 166 valence electrons. The van der Waals surface area contributed by atoms with Gasteiger partial charge in [0.1, 0.15) is 12.4 Å². The van der Waals surface area contributed by atoms with Crippen LogP contribution in [0.5, 0.6) is 0 Å². The van der Waals surface area contributed by atoms with E-state index in [1.807, 2.05) is 61.7 Å². The van der Waals surface area contributed by atoms with Crippen LogP contribution in [-0.2, 0) is 22.7 Å². The lowest BCUT2D eigenvalue weighted by Gasteiger charge is -2.29. The van der Waals surface area contributed by atoms with Gasteiger partial charge in [0, 0.05) is 23.5 Å². The van der Waals surface area contributed by atoms with Gasteiger partial charge in [-0.15, -0.1) is 11.3 Å². The molecule has 0 atom stereocenters. The SMILES string of the molecule is CC(C)N(CC(=O)N(Cc1ccc(F)cc1)Cc1cccs1)C(=O)C=Cc1ccccc1. The Balaban J connectivity index is 1.74. The number of rotatable bonds is 9. The van der Waals surface area contributed by atoms with Crippen molar-refractivity contribution in [3.63, 3.8) is 0 Å². The normalized spacial score (nSPS) is 11.1. The largest absolute Gasteiger partial charge is 0.332 e. The number of hydrogen-bond acceptors (Lipinski definition) is 3. The molecule has 0 unspecified atom stereocenters. The summed E-state index contributed by atoms with van der Waals surface area (Å²) in [4.78, 5) is 30.5. The van der Waals surface area contributed by atoms with Gasteiger partial charge in [0.15, 0.2) is 0 Å². The van der Waals surface area contributed by atoms with Crippen LogP contribution in [-0.4, -0.2) is 34.2 Å². The number of carbonyl (C=O) groups excluding carboxylic acids is 2. The van der Waals surface area contributed by atoms with Crippen molar-refractivity contribution in [2.45, 2.75) is 33.0 Å². The third-order valence-electron chi connectivity index (χ3n) is 5.00. The molecule has 1 aromatic heterocycles. The average Bonchev–Trinajstić information content (AvgIpc) is 3.30. The van der Waals surface area contributed by atoms with E-state index in [9.17, 15) is 14.0 Å². The number of halogens is 1. The first-order chi connectivity index (χ1) is 15.4. The molecule has 0 aliphatic carbocycles. The molecule has 1 heterocycles. The van der Waals surface area contributed by atoms with Gasteiger partial charge in [-0.1, -0.05) is 48.5 Å². The van der Waals surface area contributed by atoms with E-state index in [2.05, 4.69) is 0 Å². The molecule has 0 radical (unpaired) electrons. The van der Waals surface area contributed by atoms with Gasteiger partial charge in [-0.3, -0.25) is 9.59 Å². The zero-order chi connectivity index (χ0) is 22.9. The molecule has 0 aliphatic heterocycles. The molecular weight excluding hydrogens is 423 g/mol. The lowest BCUT2D eigenvalue weighted by atomic mass is 10.2. The number of thiophene rings is 1. The van der Waals surface area contributed by atoms with Crippen LogP contribution < -0.4 is 0 Å². The first kappa shape index (κ1) is 23.4. The Kier molecular flexibility index (Phi) is 8.34. The molecule has 32 heavy (non-hydrogen) atoms. The van der Waals surface area contributed by atoms with E-state index < -0.39 is 0 Å². The number of hydrogen-bond donors (Lipinski definition) is 0. The number of benzene rings is 2. The smallest absolute Gasteiger partial charge is 0.247 e. The van der Waals surface area contributed by atoms with Crippen molar-refractivity contribution in [1.82, 2.24) is 9.80 Å². The van der Waals surface area contributed by atoms with E-state index in [-0.39, 0.29) is 30.2 Å². The second kappa shape index (κ2) is 11.4. The van der Waals surface area contributed by atoms with Crippen LogP contribution in [0.1, 0.15) is 29.9 Å². The van der Waals surface area contributed by atoms with Crippen LogP contribution in [0.25, 0.3) is 6.08 Å². The van der Waals surface area contributed by atoms with Gasteiger partial charge >= 0.3 is 0 Å². The Morgan fingerprint density at radius 1 is 0.969 bits per heavy atom. The highest BCUT2D eigenvalue weighted by Gasteiger charge is 2.23. The van der Waals surface area contributed by atoms with E-state index in [1.54, 1.807) is 39.3 Å². The second-order valence-electron chi connectivity index (χ2n) is 7.76. The molecule has 0 saturated carbocycles. The monoisotopic (exact) mass is 450 g/mol. The van der Waals surface area contributed by atoms with Crippen LogP contribution in [0.4, 0.5) is 4.39 Å². The van der Waals surface area contributed by atoms with E-state index >= 15 is 0 Å². The van der Waals surface area contributed by atoms with Crippen LogP contribution in [0.15, 0.2) is 78.2 Å². The highest BCUT2D eigenvalue weighted by molar-refractivity contribution is 7.09. The van der Waals surface area contributed by atoms with Gasteiger partial charge < -0.3 is 9.80 Å². The van der Waals surface area contributed by atoms with Gasteiger partial charge in [-0.05, 0) is 54.6 Å². The minimum Gasteiger partial charge on any atom is -0.332 e. The molecule has 6 heteroatoms. The van der Waals surface area contributed by atoms with E-state index in [1.165, 1.54) is 18.2 Å². The van der Waals surface area contributed by atoms with Crippen molar-refractivity contribution >= 4 is 29.2 Å². The molecule has 2 amide bonds. The fourth-order valence-electron chi connectivity index (χ4n) is 3.22. The van der Waals surface area contributed by atoms with Gasteiger partial charge in [0.25, 0.3) is 0 Å². The summed E-state index contributed by atoms with van der Waals surface area (Å²) in [6.45, 7) is 4.54. The lowest BCUT2D eigenvalue weighted by Crippen LogP contribution is -2.44. The van der Waals surface area contributed by atoms with Gasteiger partial charge in [0.05, 0.1) is 6.54 Å². The second-order valence-corrected chi connectivity index (χ2v) is 8.79. The van der Waals surface area contributed by atoms with Gasteiger partial charge in [-0.25, -0.2) is 4.39 Å². The molecule has 3 aromatic rings. The number of amides is 2. The minimum absolute atomic E-state index is 0.0256. The molecule has 2 aromatic carbocycles. The zero-order valence-corrected chi connectivity index (χ0v) is 19.1. The Morgan fingerprint density at radius 2 is 1.69 bits per heavy atom. The summed E-state index contributed by atoms with van der Waals surface area (Å²) in [7, 11) is 0. The summed E-state index contributed by atoms with van der Waals surface area (Å²) in [5, 5.41) is 1.97. The van der Waals surface area contributed by atoms with E-state index in [0.29, 0.717) is 13.1 Å². The molecule has 4 nitrogen and oxygen atoms in total. The van der Waals surface area contributed by atoms with Gasteiger partial charge in [0.2, 0.25) is 11.8 Å². The van der Waals surface area contributed by atoms with Crippen molar-refractivity contribution in [1.29, 1.82) is 0 Å². The highest BCUT2D eigenvalue weighted by atomic mass is 32.1. The number of nitrogens with zero attached hydrogens (tertiary/aromatic N) is 2. The molecule has 3 rings (SSSR count). The highest BCUT2D eigenvalue weighted by Crippen LogP contribution is 2.16. The topological polar surface area (TPSA) is 40.6 Å². The lowest BCUT2D eigenvalue weighted by molar-refractivity contribution is -0.140. The molecule has 0 spiro atoms. The Morgan fingerprint density at radius 3 is 2.31 bits per heavy atom. The zero-order valence-electron chi connectivity index (χ0n) is 18.3. The maximum Gasteiger partial charge on any atom is 0.247 e. The summed E-state index contributed by atoms with van der Waals surface area (Å²) in [5.41, 5.74) is 1.76. The van der Waals surface area contributed by atoms with Crippen LogP contribution in [0.3, 0.4) is 0 Å². The van der Waals surface area contributed by atoms with Gasteiger partial charge in [-0.2, -0.15) is 0 Å². The summed E-state index contributed by atoms with van der Waals surface area (Å²) < 4.78 is 13.3. The molecule has 0 N–H and O–H groups in total. The first-order valence-electron chi connectivity index (χ1n) is 10.5. The van der Waals surface area contributed by atoms with Crippen molar-refractivity contribution in [3.05, 3.63) is 100 Å². The number of carbonyl (C=O) groups is 2. The van der Waals surface area contributed by atoms with Crippen molar-refractivity contribution in [2.24, 2.45) is 0 Å². The van der Waals surface area contributed by atoms with Crippen molar-refractivity contribution in [2.75, 3.05) is 6.54 Å². The predicted octanol–water partition coefficient (Wildman–Crippen LogP) is 5.37. The molecule has 0 aliphatic rings. The summed E-state index contributed by atoms with van der Waals surface area (Å²) in [5.74, 6) is -0.681. The first-order valence-corrected chi connectivity index (χ1v) is 11.4. The summed E-state index contributed by atoms with van der Waals surface area (Å²) in [6, 6.07) is 19.5. The van der Waals surface area contributed by atoms with E-state index in [4.69, 9.17) is 0 Å². The van der Waals surface area contributed by atoms with Crippen LogP contribution >= 0.6 is 11.3 Å². The Hall–Kier alpha value is -3.25. The third kappa shape index (κ3) is 6.89. The fraction of sp³-hybridized carbons (Fsp3) is 0.231. The standard InChI is InChI=1S/C26H27FN2O2S/c1-20(2)29(25(30)15-12-21-7-4-3-5-8-21)19-26(31)28(18-24-9-6-16-32-24)17-22-10-13-23(27)14-11-22/h3-16,20H,17-19H2,1-2H3. The molecule has 0 saturated heterocycles. The summed E-state index contributed by atoms with van der Waals surface area (Å²) >= 11 is 1.57. The van der Waals surface area contributed by atoms with Crippen molar-refractivity contribution < 1.29 is 14.0 Å². The average molecular weight is 451 g/mol. The molecule has 0 fully saturated rings. The maximum atomic E-state index is 13.3. The van der Waals surface area contributed by atoms with E-state index in [0.717, 1.165) is 16.0 Å².